The van der Waals surface area contributed by atoms with Gasteiger partial charge in [0.25, 0.3) is 0 Å². The van der Waals surface area contributed by atoms with Crippen LogP contribution in [-0.2, 0) is 4.79 Å². The lowest BCUT2D eigenvalue weighted by Gasteiger charge is -2.47. The first-order valence-electron chi connectivity index (χ1n) is 8.09. The fourth-order valence-electron chi connectivity index (χ4n) is 3.09. The van der Waals surface area contributed by atoms with Gasteiger partial charge in [-0.25, -0.2) is 0 Å². The van der Waals surface area contributed by atoms with Gasteiger partial charge < -0.3 is 4.90 Å². The van der Waals surface area contributed by atoms with Crippen LogP contribution in [0.25, 0.3) is 0 Å². The minimum absolute atomic E-state index is 0.0248. The minimum atomic E-state index is -0.135. The van der Waals surface area contributed by atoms with E-state index in [1.54, 1.807) is 11.8 Å². The fourth-order valence-corrected chi connectivity index (χ4v) is 4.42. The number of β-lactam (4-membered cyclic amide) rings is 1. The molecule has 2 atom stereocenters. The largest absolute Gasteiger partial charge is 0.302 e. The zero-order valence-electron chi connectivity index (χ0n) is 13.4. The highest BCUT2D eigenvalue weighted by Crippen LogP contribution is 2.47. The molecule has 0 aliphatic carbocycles. The van der Waals surface area contributed by atoms with Gasteiger partial charge in [-0.3, -0.25) is 4.79 Å². The summed E-state index contributed by atoms with van der Waals surface area (Å²) in [7, 11) is 0. The molecule has 0 aromatic heterocycles. The molecule has 0 N–H and O–H groups in total. The number of benzene rings is 3. The van der Waals surface area contributed by atoms with Crippen LogP contribution >= 0.6 is 23.4 Å². The first kappa shape index (κ1) is 16.2. The lowest BCUT2D eigenvalue weighted by Crippen LogP contribution is -2.57. The molecule has 124 valence electrons. The summed E-state index contributed by atoms with van der Waals surface area (Å²) in [5.41, 5.74) is 2.09. The maximum absolute atomic E-state index is 12.9. The highest BCUT2D eigenvalue weighted by Gasteiger charge is 2.49. The molecular formula is C21H16ClNOS. The molecule has 0 bridgehead atoms. The van der Waals surface area contributed by atoms with Crippen LogP contribution in [0, 0.1) is 0 Å². The Labute approximate surface area is 156 Å². The summed E-state index contributed by atoms with van der Waals surface area (Å²) in [4.78, 5) is 15.8. The van der Waals surface area contributed by atoms with E-state index in [-0.39, 0.29) is 17.2 Å². The van der Waals surface area contributed by atoms with Gasteiger partial charge in [0.15, 0.2) is 0 Å². The van der Waals surface area contributed by atoms with Crippen molar-refractivity contribution >= 4 is 35.0 Å². The number of rotatable bonds is 4. The molecule has 0 spiro atoms. The van der Waals surface area contributed by atoms with E-state index in [0.717, 1.165) is 16.1 Å². The highest BCUT2D eigenvalue weighted by molar-refractivity contribution is 8.00. The Morgan fingerprint density at radius 1 is 0.800 bits per heavy atom. The van der Waals surface area contributed by atoms with Gasteiger partial charge >= 0.3 is 0 Å². The number of thioether (sulfide) groups is 1. The first-order valence-corrected chi connectivity index (χ1v) is 9.35. The molecule has 3 aromatic carbocycles. The van der Waals surface area contributed by atoms with Crippen molar-refractivity contribution in [3.63, 3.8) is 0 Å². The van der Waals surface area contributed by atoms with Crippen molar-refractivity contribution in [3.8, 4) is 0 Å². The Hall–Kier alpha value is -2.23. The molecule has 0 unspecified atom stereocenters. The Kier molecular flexibility index (Phi) is 4.51. The van der Waals surface area contributed by atoms with Crippen LogP contribution in [0.15, 0.2) is 89.8 Å². The van der Waals surface area contributed by atoms with E-state index in [0.29, 0.717) is 5.02 Å². The third kappa shape index (κ3) is 3.17. The Balaban J connectivity index is 1.66. The van der Waals surface area contributed by atoms with Crippen LogP contribution in [0.1, 0.15) is 11.6 Å². The number of para-hydroxylation sites is 1. The molecule has 2 nitrogen and oxygen atoms in total. The monoisotopic (exact) mass is 365 g/mol. The second kappa shape index (κ2) is 6.95. The fraction of sp³-hybridized carbons (Fsp3) is 0.0952. The van der Waals surface area contributed by atoms with Gasteiger partial charge in [-0.15, -0.1) is 11.8 Å². The predicted molar refractivity (Wildman–Crippen MR) is 104 cm³/mol. The third-order valence-electron chi connectivity index (χ3n) is 4.30. The topological polar surface area (TPSA) is 20.3 Å². The van der Waals surface area contributed by atoms with Crippen LogP contribution in [0.5, 0.6) is 0 Å². The molecule has 1 amide bonds. The smallest absolute Gasteiger partial charge is 0.243 e. The summed E-state index contributed by atoms with van der Waals surface area (Å²) < 4.78 is 0. The van der Waals surface area contributed by atoms with E-state index >= 15 is 0 Å². The summed E-state index contributed by atoms with van der Waals surface area (Å²) >= 11 is 7.57. The van der Waals surface area contributed by atoms with Gasteiger partial charge in [0.05, 0.1) is 6.04 Å². The molecule has 0 saturated carbocycles. The molecule has 25 heavy (non-hydrogen) atoms. The van der Waals surface area contributed by atoms with Crippen molar-refractivity contribution in [1.82, 2.24) is 0 Å². The number of anilines is 1. The number of amides is 1. The summed E-state index contributed by atoms with van der Waals surface area (Å²) in [5.74, 6) is 0.139. The number of hydrogen-bond donors (Lipinski definition) is 0. The Morgan fingerprint density at radius 3 is 2.04 bits per heavy atom. The number of hydrogen-bond acceptors (Lipinski definition) is 2. The summed E-state index contributed by atoms with van der Waals surface area (Å²) in [5, 5.41) is 0.568. The molecular weight excluding hydrogens is 350 g/mol. The average Bonchev–Trinajstić information content (AvgIpc) is 2.66. The Morgan fingerprint density at radius 2 is 1.40 bits per heavy atom. The van der Waals surface area contributed by atoms with Crippen LogP contribution in [0.4, 0.5) is 5.69 Å². The highest BCUT2D eigenvalue weighted by atomic mass is 35.5. The molecule has 4 rings (SSSR count). The number of nitrogens with zero attached hydrogens (tertiary/aromatic N) is 1. The van der Waals surface area contributed by atoms with Crippen molar-refractivity contribution in [1.29, 1.82) is 0 Å². The summed E-state index contributed by atoms with van der Waals surface area (Å²) in [6.07, 6.45) is 0. The molecule has 0 radical (unpaired) electrons. The van der Waals surface area contributed by atoms with Gasteiger partial charge in [0.2, 0.25) is 5.91 Å². The van der Waals surface area contributed by atoms with Crippen molar-refractivity contribution in [2.75, 3.05) is 4.90 Å². The summed E-state index contributed by atoms with van der Waals surface area (Å²) in [6, 6.07) is 27.7. The average molecular weight is 366 g/mol. The van der Waals surface area contributed by atoms with E-state index in [9.17, 15) is 4.79 Å². The molecule has 1 heterocycles. The van der Waals surface area contributed by atoms with E-state index in [4.69, 9.17) is 11.6 Å². The molecule has 4 heteroatoms. The maximum Gasteiger partial charge on any atom is 0.243 e. The van der Waals surface area contributed by atoms with Crippen molar-refractivity contribution in [2.24, 2.45) is 0 Å². The molecule has 1 aliphatic heterocycles. The first-order chi connectivity index (χ1) is 12.2. The van der Waals surface area contributed by atoms with E-state index in [1.807, 2.05) is 77.7 Å². The van der Waals surface area contributed by atoms with Crippen LogP contribution in [0.2, 0.25) is 5.02 Å². The predicted octanol–water partition coefficient (Wildman–Crippen LogP) is 5.59. The number of halogens is 1. The normalized spacial score (nSPS) is 19.6. The molecule has 1 fully saturated rings. The maximum atomic E-state index is 12.9. The summed E-state index contributed by atoms with van der Waals surface area (Å²) in [6.45, 7) is 0. The van der Waals surface area contributed by atoms with E-state index in [1.165, 1.54) is 0 Å². The third-order valence-corrected chi connectivity index (χ3v) is 5.81. The quantitative estimate of drug-likeness (QED) is 0.562. The SMILES string of the molecule is O=C1[C@@H](Sc2ccc(Cl)cc2)[C@H](c2ccccc2)N1c1ccccc1. The molecule has 1 saturated heterocycles. The number of carbonyl (C=O) groups excluding carboxylic acids is 1. The number of carbonyl (C=O) groups is 1. The van der Waals surface area contributed by atoms with Crippen molar-refractivity contribution in [3.05, 3.63) is 95.5 Å². The van der Waals surface area contributed by atoms with Gasteiger partial charge in [0.1, 0.15) is 5.25 Å². The second-order valence-electron chi connectivity index (χ2n) is 5.89. The van der Waals surface area contributed by atoms with Gasteiger partial charge in [0, 0.05) is 15.6 Å². The van der Waals surface area contributed by atoms with E-state index in [2.05, 4.69) is 12.1 Å². The van der Waals surface area contributed by atoms with Gasteiger partial charge in [-0.2, -0.15) is 0 Å². The van der Waals surface area contributed by atoms with Gasteiger partial charge in [-0.1, -0.05) is 60.1 Å². The lowest BCUT2D eigenvalue weighted by atomic mass is 9.92. The van der Waals surface area contributed by atoms with Crippen LogP contribution in [-0.4, -0.2) is 11.2 Å². The Bertz CT molecular complexity index is 867. The molecule has 3 aromatic rings. The lowest BCUT2D eigenvalue weighted by molar-refractivity contribution is -0.123. The zero-order chi connectivity index (χ0) is 17.2. The van der Waals surface area contributed by atoms with Gasteiger partial charge in [-0.05, 0) is 42.0 Å². The standard InChI is InChI=1S/C21H16ClNOS/c22-16-11-13-18(14-12-16)25-20-19(15-7-3-1-4-8-15)23(21(20)24)17-9-5-2-6-10-17/h1-14,19-20H/t19-,20-/m0/s1. The van der Waals surface area contributed by atoms with E-state index < -0.39 is 0 Å². The van der Waals surface area contributed by atoms with Crippen molar-refractivity contribution in [2.45, 2.75) is 16.2 Å². The molecule has 1 aliphatic rings. The van der Waals surface area contributed by atoms with Crippen molar-refractivity contribution < 1.29 is 4.79 Å². The minimum Gasteiger partial charge on any atom is -0.302 e. The van der Waals surface area contributed by atoms with Crippen LogP contribution in [0.3, 0.4) is 0 Å². The zero-order valence-corrected chi connectivity index (χ0v) is 15.0. The van der Waals surface area contributed by atoms with Crippen LogP contribution < -0.4 is 4.90 Å². The second-order valence-corrected chi connectivity index (χ2v) is 7.54.